The third-order valence-electron chi connectivity index (χ3n) is 10.4. The van der Waals surface area contributed by atoms with Gasteiger partial charge in [0.25, 0.3) is 0 Å². The van der Waals surface area contributed by atoms with Crippen LogP contribution < -0.4 is 30.8 Å². The molecule has 0 saturated carbocycles. The highest BCUT2D eigenvalue weighted by molar-refractivity contribution is 7.89. The lowest BCUT2D eigenvalue weighted by molar-refractivity contribution is -0.136. The molecule has 0 saturated heterocycles. The fourth-order valence-corrected chi connectivity index (χ4v) is 11.0. The number of nitrogens with two attached hydrogens (primary N) is 3. The van der Waals surface area contributed by atoms with Gasteiger partial charge in [0.05, 0.1) is 51.3 Å². The Morgan fingerprint density at radius 3 is 1.52 bits per heavy atom. The zero-order valence-electron chi connectivity index (χ0n) is 40.9. The number of anilines is 2. The summed E-state index contributed by atoms with van der Waals surface area (Å²) in [6.45, 7) is 15.4. The van der Waals surface area contributed by atoms with Crippen molar-refractivity contribution in [2.24, 2.45) is 10.3 Å². The fraction of sp³-hybridized carbons (Fsp3) is 0.435. The molecule has 0 radical (unpaired) electrons. The summed E-state index contributed by atoms with van der Waals surface area (Å²) in [4.78, 5) is 53.1. The Kier molecular flexibility index (Phi) is 18.3. The molecule has 4 aromatic rings. The summed E-state index contributed by atoms with van der Waals surface area (Å²) < 4.78 is 66.5. The number of amides is 3. The third kappa shape index (κ3) is 15.3. The van der Waals surface area contributed by atoms with E-state index in [1.807, 2.05) is 34.6 Å². The summed E-state index contributed by atoms with van der Waals surface area (Å²) in [7, 11) is -5.24. The van der Waals surface area contributed by atoms with Crippen molar-refractivity contribution < 1.29 is 60.1 Å². The highest BCUT2D eigenvalue weighted by Crippen LogP contribution is 2.40. The third-order valence-corrected chi connectivity index (χ3v) is 14.6. The Morgan fingerprint density at radius 2 is 1.14 bits per heavy atom. The van der Waals surface area contributed by atoms with E-state index in [1.165, 1.54) is 73.3 Å². The number of hydrogen-bond donors (Lipinski definition) is 5. The Labute approximate surface area is 421 Å². The average Bonchev–Trinajstić information content (AvgIpc) is 3.74. The highest BCUT2D eigenvalue weighted by atomic mass is 32.2. The molecule has 25 heteroatoms. The smallest absolute Gasteiger partial charge is 0.410 e. The molecule has 6 rings (SSSR count). The van der Waals surface area contributed by atoms with E-state index in [0.717, 1.165) is 15.3 Å². The predicted octanol–water partition coefficient (Wildman–Crippen LogP) is 5.99. The second-order valence-electron chi connectivity index (χ2n) is 18.4. The summed E-state index contributed by atoms with van der Waals surface area (Å²) >= 11 is 2.76. The summed E-state index contributed by atoms with van der Waals surface area (Å²) in [5, 5.41) is 41.4. The zero-order chi connectivity index (χ0) is 53.6. The largest absolute Gasteiger partial charge is 0.495 e. The topological polar surface area (TPSA) is 338 Å². The fourth-order valence-electron chi connectivity index (χ4n) is 7.22. The van der Waals surface area contributed by atoms with Gasteiger partial charge in [0.1, 0.15) is 54.6 Å². The lowest BCUT2D eigenvalue weighted by Gasteiger charge is -2.34. The maximum absolute atomic E-state index is 12.8. The number of primary sulfonamides is 2. The van der Waals surface area contributed by atoms with Gasteiger partial charge in [0.15, 0.2) is 0 Å². The minimum atomic E-state index is -3.97. The van der Waals surface area contributed by atoms with Gasteiger partial charge in [-0.05, 0) is 90.8 Å². The molecule has 2 unspecified atom stereocenters. The first-order valence-corrected chi connectivity index (χ1v) is 26.3. The molecule has 0 spiro atoms. The molecule has 0 fully saturated rings. The standard InChI is InChI=1S/C23H28N4O6S2.C14H19N3O2S.C9H11NO5S/c1-13-8-18-16(12-27(13)22(29)33-23(2,3)4)15(11-24)21(34-18)26-20(28)10-14-6-7-19(35(25,30)31)17(9-14)32-5;1-8-5-11-10(9(6-15)12(16)20-11)7-17(8)13(18)19-14(2,3)4;1-15-7-4-6(5-9(11)12)2-3-8(7)16(10,13)14/h6-7,9,13H,8,10,12H2,1-5H3,(H,26,28)(H2,25,30,31);8H,5,7,16H2,1-4H3;2-4H,5H2,1H3,(H,11,12)(H2,10,13,14). The number of thiophene rings is 2. The van der Waals surface area contributed by atoms with E-state index in [4.69, 9.17) is 40.1 Å². The Bertz CT molecular complexity index is 3000. The maximum Gasteiger partial charge on any atom is 0.410 e. The van der Waals surface area contributed by atoms with Gasteiger partial charge in [0.2, 0.25) is 26.0 Å². The monoisotopic (exact) mass is 1060 g/mol. The molecule has 2 aliphatic heterocycles. The van der Waals surface area contributed by atoms with Gasteiger partial charge in [0, 0.05) is 45.8 Å². The van der Waals surface area contributed by atoms with E-state index in [9.17, 15) is 46.5 Å². The number of methoxy groups -OCH3 is 2. The van der Waals surface area contributed by atoms with Crippen molar-refractivity contribution >= 4 is 76.8 Å². The second-order valence-corrected chi connectivity index (χ2v) is 23.7. The van der Waals surface area contributed by atoms with Crippen LogP contribution in [-0.2, 0) is 77.9 Å². The van der Waals surface area contributed by atoms with Crippen LogP contribution in [-0.4, -0.2) is 93.3 Å². The van der Waals surface area contributed by atoms with Crippen molar-refractivity contribution in [3.8, 4) is 23.6 Å². The number of nitrogen functional groups attached to an aromatic ring is 1. The summed E-state index contributed by atoms with van der Waals surface area (Å²) in [5.74, 6) is -1.31. The molecule has 2 aromatic heterocycles. The molecular formula is C46H58N8O13S4. The van der Waals surface area contributed by atoms with Gasteiger partial charge in [-0.25, -0.2) is 36.7 Å². The normalized spacial score (nSPS) is 15.4. The molecule has 21 nitrogen and oxygen atoms in total. The van der Waals surface area contributed by atoms with Crippen molar-refractivity contribution in [3.63, 3.8) is 0 Å². The number of benzene rings is 2. The van der Waals surface area contributed by atoms with Gasteiger partial charge < -0.3 is 44.9 Å². The van der Waals surface area contributed by atoms with Crippen molar-refractivity contribution in [1.29, 1.82) is 10.5 Å². The Morgan fingerprint density at radius 1 is 0.732 bits per heavy atom. The number of nitriles is 2. The number of ether oxygens (including phenoxy) is 4. The van der Waals surface area contributed by atoms with E-state index in [2.05, 4.69) is 17.5 Å². The average molecular weight is 1060 g/mol. The van der Waals surface area contributed by atoms with Crippen LogP contribution in [0.5, 0.6) is 11.5 Å². The summed E-state index contributed by atoms with van der Waals surface area (Å²) in [5.41, 5.74) is 8.05. The van der Waals surface area contributed by atoms with Crippen LogP contribution in [0.2, 0.25) is 0 Å². The maximum atomic E-state index is 12.8. The number of carboxylic acid groups (broad SMARTS) is 1. The first-order chi connectivity index (χ1) is 32.8. The minimum Gasteiger partial charge on any atom is -0.495 e. The molecule has 71 heavy (non-hydrogen) atoms. The van der Waals surface area contributed by atoms with E-state index >= 15 is 0 Å². The van der Waals surface area contributed by atoms with Crippen LogP contribution in [0.25, 0.3) is 0 Å². The Hall–Kier alpha value is -6.48. The van der Waals surface area contributed by atoms with Gasteiger partial charge in [-0.3, -0.25) is 9.59 Å². The summed E-state index contributed by atoms with van der Waals surface area (Å²) in [6, 6.07) is 12.4. The van der Waals surface area contributed by atoms with Crippen molar-refractivity contribution in [2.45, 2.75) is 127 Å². The van der Waals surface area contributed by atoms with E-state index < -0.39 is 43.3 Å². The van der Waals surface area contributed by atoms with Crippen LogP contribution in [0.1, 0.15) is 98.5 Å². The molecule has 2 aromatic carbocycles. The quantitative estimate of drug-likeness (QED) is 0.128. The van der Waals surface area contributed by atoms with E-state index in [-0.39, 0.29) is 64.8 Å². The number of carbonyl (C=O) groups is 4. The highest BCUT2D eigenvalue weighted by Gasteiger charge is 2.36. The van der Waals surface area contributed by atoms with Gasteiger partial charge in [-0.15, -0.1) is 22.7 Å². The molecule has 8 N–H and O–H groups in total. The lowest BCUT2D eigenvalue weighted by Crippen LogP contribution is -2.44. The molecule has 4 heterocycles. The van der Waals surface area contributed by atoms with Gasteiger partial charge in [-0.1, -0.05) is 12.1 Å². The molecular weight excluding hydrogens is 1000 g/mol. The number of sulfonamides is 2. The second kappa shape index (κ2) is 22.7. The van der Waals surface area contributed by atoms with E-state index in [0.29, 0.717) is 57.2 Å². The summed E-state index contributed by atoms with van der Waals surface area (Å²) in [6.07, 6.45) is 0.176. The predicted molar refractivity (Wildman–Crippen MR) is 265 cm³/mol. The SMILES string of the molecule is CC1Cc2sc(N)c(C#N)c2CN1C(=O)OC(C)(C)C.COc1cc(CC(=O)Nc2sc3c(c2C#N)CN(C(=O)OC(C)(C)C)C(C)C3)ccc1S(N)(=O)=O.COc1cc(CC(=O)O)ccc1S(N)(=O)=O. The number of nitrogens with one attached hydrogen (secondary N) is 1. The Balaban J connectivity index is 0.000000256. The lowest BCUT2D eigenvalue weighted by atomic mass is 10.0. The zero-order valence-corrected chi connectivity index (χ0v) is 44.1. The van der Waals surface area contributed by atoms with E-state index in [1.54, 1.807) is 30.6 Å². The molecule has 0 aliphatic carbocycles. The van der Waals surface area contributed by atoms with Crippen LogP contribution in [0.3, 0.4) is 0 Å². The van der Waals surface area contributed by atoms with Crippen molar-refractivity contribution in [3.05, 3.63) is 79.5 Å². The van der Waals surface area contributed by atoms with Gasteiger partial charge >= 0.3 is 18.2 Å². The van der Waals surface area contributed by atoms with Crippen LogP contribution >= 0.6 is 22.7 Å². The number of carbonyl (C=O) groups excluding carboxylic acids is 3. The van der Waals surface area contributed by atoms with Crippen LogP contribution in [0.4, 0.5) is 19.6 Å². The minimum absolute atomic E-state index is 0.0401. The van der Waals surface area contributed by atoms with Crippen molar-refractivity contribution in [1.82, 2.24) is 9.80 Å². The molecule has 3 amide bonds. The number of hydrogen-bond acceptors (Lipinski definition) is 17. The number of carboxylic acids is 1. The molecule has 0 bridgehead atoms. The van der Waals surface area contributed by atoms with Gasteiger partial charge in [-0.2, -0.15) is 10.5 Å². The first kappa shape index (κ1) is 57.1. The van der Waals surface area contributed by atoms with Crippen LogP contribution in [0, 0.1) is 22.7 Å². The number of fused-ring (bicyclic) bond motifs is 2. The molecule has 2 aliphatic rings. The molecule has 2 atom stereocenters. The van der Waals surface area contributed by atoms with Crippen molar-refractivity contribution in [2.75, 3.05) is 25.3 Å². The van der Waals surface area contributed by atoms with Crippen LogP contribution in [0.15, 0.2) is 46.2 Å². The molecule has 384 valence electrons. The number of nitrogens with zero attached hydrogens (tertiary/aromatic N) is 4. The first-order valence-electron chi connectivity index (χ1n) is 21.6. The number of rotatable bonds is 9. The number of aliphatic carboxylic acids is 1.